The van der Waals surface area contributed by atoms with Gasteiger partial charge >= 0.3 is 0 Å². The molecule has 5 rings (SSSR count). The predicted octanol–water partition coefficient (Wildman–Crippen LogP) is 4.46. The van der Waals surface area contributed by atoms with E-state index >= 15 is 0 Å². The topological polar surface area (TPSA) is 83.8 Å². The summed E-state index contributed by atoms with van der Waals surface area (Å²) in [6.07, 6.45) is 0.965. The van der Waals surface area contributed by atoms with Gasteiger partial charge in [0, 0.05) is 42.3 Å². The summed E-state index contributed by atoms with van der Waals surface area (Å²) in [5, 5.41) is 12.1. The van der Waals surface area contributed by atoms with E-state index in [2.05, 4.69) is 32.5 Å². The fourth-order valence-corrected chi connectivity index (χ4v) is 4.32. The van der Waals surface area contributed by atoms with E-state index in [9.17, 15) is 0 Å². The minimum Gasteiger partial charge on any atom is -0.497 e. The molecule has 0 radical (unpaired) electrons. The van der Waals surface area contributed by atoms with E-state index < -0.39 is 0 Å². The minimum atomic E-state index is 0.647. The Morgan fingerprint density at radius 2 is 1.88 bits per heavy atom. The summed E-state index contributed by atoms with van der Waals surface area (Å²) in [5.41, 5.74) is 3.03. The van der Waals surface area contributed by atoms with E-state index in [-0.39, 0.29) is 0 Å². The first-order chi connectivity index (χ1) is 16.2. The van der Waals surface area contributed by atoms with Crippen molar-refractivity contribution >= 4 is 22.3 Å². The van der Waals surface area contributed by atoms with Gasteiger partial charge in [0.05, 0.1) is 39.7 Å². The van der Waals surface area contributed by atoms with Crippen molar-refractivity contribution in [3.8, 4) is 28.5 Å². The Bertz CT molecular complexity index is 1180. The highest BCUT2D eigenvalue weighted by Crippen LogP contribution is 2.43. The number of anilines is 2. The van der Waals surface area contributed by atoms with Gasteiger partial charge in [0.15, 0.2) is 11.5 Å². The fraction of sp³-hybridized carbons (Fsp3) is 0.360. The number of morpholine rings is 1. The van der Waals surface area contributed by atoms with Crippen molar-refractivity contribution in [2.45, 2.75) is 6.42 Å². The van der Waals surface area contributed by atoms with Crippen molar-refractivity contribution in [3.05, 3.63) is 42.5 Å². The molecule has 0 saturated carbocycles. The van der Waals surface area contributed by atoms with E-state index in [0.29, 0.717) is 6.61 Å². The first-order valence-corrected chi connectivity index (χ1v) is 11.3. The van der Waals surface area contributed by atoms with Crippen LogP contribution in [0.4, 0.5) is 11.5 Å². The van der Waals surface area contributed by atoms with Gasteiger partial charge in [-0.05, 0) is 42.1 Å². The summed E-state index contributed by atoms with van der Waals surface area (Å²) in [6.45, 7) is 5.30. The number of fused-ring (bicyclic) bond motifs is 3. The quantitative estimate of drug-likeness (QED) is 0.327. The van der Waals surface area contributed by atoms with Crippen molar-refractivity contribution in [2.24, 2.45) is 0 Å². The number of nitrogens with zero attached hydrogens (tertiary/aromatic N) is 1. The first-order valence-electron chi connectivity index (χ1n) is 11.3. The van der Waals surface area contributed by atoms with E-state index in [0.717, 1.165) is 90.1 Å². The summed E-state index contributed by atoms with van der Waals surface area (Å²) in [7, 11) is 3.35. The molecule has 0 amide bonds. The minimum absolute atomic E-state index is 0.647. The maximum Gasteiger partial charge on any atom is 0.161 e. The van der Waals surface area contributed by atoms with Gasteiger partial charge in [-0.25, -0.2) is 0 Å². The zero-order chi connectivity index (χ0) is 22.6. The third-order valence-electron chi connectivity index (χ3n) is 6.08. The van der Waals surface area contributed by atoms with E-state index in [1.165, 1.54) is 0 Å². The smallest absolute Gasteiger partial charge is 0.161 e. The largest absolute Gasteiger partial charge is 0.497 e. The Morgan fingerprint density at radius 3 is 2.70 bits per heavy atom. The first kappa shape index (κ1) is 21.5. The third-order valence-corrected chi connectivity index (χ3v) is 6.08. The lowest BCUT2D eigenvalue weighted by molar-refractivity contribution is 0.0357. The van der Waals surface area contributed by atoms with Gasteiger partial charge < -0.3 is 24.3 Å². The molecule has 8 nitrogen and oxygen atoms in total. The summed E-state index contributed by atoms with van der Waals surface area (Å²) < 4.78 is 22.5. The van der Waals surface area contributed by atoms with Crippen LogP contribution < -0.4 is 19.5 Å². The van der Waals surface area contributed by atoms with Crippen LogP contribution in [0, 0.1) is 0 Å². The molecule has 2 heterocycles. The lowest BCUT2D eigenvalue weighted by Crippen LogP contribution is -2.37. The number of hydrogen-bond acceptors (Lipinski definition) is 6. The zero-order valence-corrected chi connectivity index (χ0v) is 19.1. The molecule has 2 aliphatic heterocycles. The average molecular weight is 451 g/mol. The standard InChI is InChI=1S/C25H30N4O4/c1-30-19-6-3-5-18(15-19)26-25-21-13-17-14-23(22(31-2)16-20(17)24(21)27-28-25)33-10-4-7-29-8-11-32-12-9-29/h3,5-6,13-16,26-28H,4,7-12H2,1-2H3. The van der Waals surface area contributed by atoms with Gasteiger partial charge in [0.1, 0.15) is 11.6 Å². The molecule has 3 aliphatic rings. The van der Waals surface area contributed by atoms with Gasteiger partial charge in [-0.2, -0.15) is 0 Å². The third kappa shape index (κ3) is 4.58. The molecule has 174 valence electrons. The molecule has 0 unspecified atom stereocenters. The molecule has 0 aromatic heterocycles. The summed E-state index contributed by atoms with van der Waals surface area (Å²) in [4.78, 5) is 2.42. The highest BCUT2D eigenvalue weighted by Gasteiger charge is 2.20. The van der Waals surface area contributed by atoms with Gasteiger partial charge in [0.2, 0.25) is 0 Å². The van der Waals surface area contributed by atoms with Gasteiger partial charge in [-0.3, -0.25) is 15.1 Å². The van der Waals surface area contributed by atoms with Crippen LogP contribution in [-0.2, 0) is 4.74 Å². The SMILES string of the molecule is COc1cccc(Nc2[nH][nH]c3c4cc(OC)c(OCCCN5CCOCC5)cc4cc2-3)c1. The predicted molar refractivity (Wildman–Crippen MR) is 129 cm³/mol. The number of hydrogen-bond donors (Lipinski definition) is 3. The van der Waals surface area contributed by atoms with E-state index in [1.807, 2.05) is 30.3 Å². The maximum absolute atomic E-state index is 6.12. The maximum atomic E-state index is 6.12. The summed E-state index contributed by atoms with van der Waals surface area (Å²) in [6, 6.07) is 14.1. The highest BCUT2D eigenvalue weighted by molar-refractivity contribution is 6.05. The van der Waals surface area contributed by atoms with Crippen LogP contribution in [0.2, 0.25) is 0 Å². The van der Waals surface area contributed by atoms with Crippen molar-refractivity contribution in [3.63, 3.8) is 0 Å². The Morgan fingerprint density at radius 1 is 1.00 bits per heavy atom. The van der Waals surface area contributed by atoms with Crippen molar-refractivity contribution in [1.29, 1.82) is 0 Å². The summed E-state index contributed by atoms with van der Waals surface area (Å²) >= 11 is 0. The number of rotatable bonds is 9. The molecular weight excluding hydrogens is 420 g/mol. The van der Waals surface area contributed by atoms with Crippen LogP contribution >= 0.6 is 0 Å². The van der Waals surface area contributed by atoms with Gasteiger partial charge in [0.25, 0.3) is 0 Å². The number of H-pyrrole nitrogens is 2. The molecule has 0 spiro atoms. The van der Waals surface area contributed by atoms with Crippen LogP contribution in [0.5, 0.6) is 17.2 Å². The van der Waals surface area contributed by atoms with Gasteiger partial charge in [-0.15, -0.1) is 0 Å². The Kier molecular flexibility index (Phi) is 6.28. The molecular formula is C25H30N4O4. The molecule has 2 aromatic carbocycles. The second-order valence-corrected chi connectivity index (χ2v) is 8.16. The van der Waals surface area contributed by atoms with Crippen LogP contribution in [0.1, 0.15) is 6.42 Å². The molecule has 3 N–H and O–H groups in total. The number of nitrogens with one attached hydrogen (secondary N) is 3. The number of aromatic nitrogens is 2. The Labute approximate surface area is 193 Å². The molecule has 8 heteroatoms. The molecule has 33 heavy (non-hydrogen) atoms. The molecule has 0 atom stereocenters. The van der Waals surface area contributed by atoms with E-state index in [1.54, 1.807) is 14.2 Å². The van der Waals surface area contributed by atoms with Crippen molar-refractivity contribution in [2.75, 3.05) is 59.0 Å². The Balaban J connectivity index is 1.32. The molecule has 1 fully saturated rings. The normalized spacial score (nSPS) is 14.6. The molecule has 2 aromatic rings. The lowest BCUT2D eigenvalue weighted by atomic mass is 10.2. The van der Waals surface area contributed by atoms with Gasteiger partial charge in [-0.1, -0.05) is 6.07 Å². The lowest BCUT2D eigenvalue weighted by Gasteiger charge is -2.26. The molecule has 1 saturated heterocycles. The summed E-state index contributed by atoms with van der Waals surface area (Å²) in [5.74, 6) is 3.20. The van der Waals surface area contributed by atoms with Crippen molar-refractivity contribution in [1.82, 2.24) is 15.1 Å². The second kappa shape index (κ2) is 9.64. The molecule has 1 aliphatic carbocycles. The van der Waals surface area contributed by atoms with Crippen LogP contribution in [-0.4, -0.2) is 68.8 Å². The second-order valence-electron chi connectivity index (χ2n) is 8.16. The monoisotopic (exact) mass is 450 g/mol. The number of methoxy groups -OCH3 is 2. The number of benzene rings is 2. The number of aromatic amines is 2. The van der Waals surface area contributed by atoms with Crippen LogP contribution in [0.15, 0.2) is 42.5 Å². The highest BCUT2D eigenvalue weighted by atomic mass is 16.5. The van der Waals surface area contributed by atoms with E-state index in [4.69, 9.17) is 18.9 Å². The van der Waals surface area contributed by atoms with Crippen LogP contribution in [0.25, 0.3) is 22.0 Å². The zero-order valence-electron chi connectivity index (χ0n) is 19.1. The average Bonchev–Trinajstić information content (AvgIpc) is 3.41. The van der Waals surface area contributed by atoms with Crippen molar-refractivity contribution < 1.29 is 18.9 Å². The fourth-order valence-electron chi connectivity index (χ4n) is 4.32. The number of ether oxygens (including phenoxy) is 4. The molecule has 0 bridgehead atoms. The van der Waals surface area contributed by atoms with Crippen LogP contribution in [0.3, 0.4) is 0 Å². The Hall–Kier alpha value is -3.36.